The number of nitrogens with zero attached hydrogens (tertiary/aromatic N) is 4. The number of alkyl halides is 3. The highest BCUT2D eigenvalue weighted by Crippen LogP contribution is 2.40. The van der Waals surface area contributed by atoms with Gasteiger partial charge < -0.3 is 0 Å². The maximum Gasteiger partial charge on any atom is 0.235 e. The lowest BCUT2D eigenvalue weighted by molar-refractivity contribution is 0.770. The molecule has 1 aromatic heterocycles. The molecule has 2 rings (SSSR count). The zero-order valence-electron chi connectivity index (χ0n) is 10.2. The fraction of sp³-hybridized carbons (Fsp3) is 0.250. The van der Waals surface area contributed by atoms with Gasteiger partial charge in [-0.25, -0.2) is 4.68 Å². The Morgan fingerprint density at radius 3 is 2.42 bits per heavy atom. The molecule has 7 heteroatoms. The molecule has 0 spiro atoms. The van der Waals surface area contributed by atoms with Crippen molar-refractivity contribution in [2.75, 3.05) is 0 Å². The van der Waals surface area contributed by atoms with Gasteiger partial charge in [-0.1, -0.05) is 46.1 Å². The molecule has 0 saturated heterocycles. The third-order valence-electron chi connectivity index (χ3n) is 2.78. The third kappa shape index (κ3) is 2.69. The van der Waals surface area contributed by atoms with Crippen molar-refractivity contribution in [3.8, 4) is 11.8 Å². The average molecular weight is 316 g/mol. The van der Waals surface area contributed by atoms with E-state index in [9.17, 15) is 0 Å². The van der Waals surface area contributed by atoms with Crippen molar-refractivity contribution in [2.24, 2.45) is 0 Å². The van der Waals surface area contributed by atoms with Crippen LogP contribution in [0.2, 0.25) is 0 Å². The Hall–Kier alpha value is -1.28. The minimum atomic E-state index is -1.77. The fourth-order valence-corrected chi connectivity index (χ4v) is 2.16. The van der Waals surface area contributed by atoms with Gasteiger partial charge in [-0.05, 0) is 37.1 Å². The van der Waals surface area contributed by atoms with Crippen LogP contribution >= 0.6 is 34.8 Å². The van der Waals surface area contributed by atoms with Gasteiger partial charge in [0.15, 0.2) is 5.69 Å². The van der Waals surface area contributed by atoms with Crippen molar-refractivity contribution < 1.29 is 0 Å². The Bertz CT molecular complexity index is 665. The van der Waals surface area contributed by atoms with Crippen LogP contribution in [0.5, 0.6) is 0 Å². The SMILES string of the molecule is Cc1ccc(-n2nnc(C#N)c2C(Cl)(Cl)Cl)cc1C. The Labute approximate surface area is 125 Å². The van der Waals surface area contributed by atoms with Gasteiger partial charge in [0, 0.05) is 0 Å². The van der Waals surface area contributed by atoms with Crippen LogP contribution in [0.25, 0.3) is 5.69 Å². The minimum absolute atomic E-state index is 0.00164. The second-order valence-corrected chi connectivity index (χ2v) is 6.36. The van der Waals surface area contributed by atoms with Crippen LogP contribution in [0.1, 0.15) is 22.5 Å². The number of hydrogen-bond acceptors (Lipinski definition) is 3. The van der Waals surface area contributed by atoms with Crippen molar-refractivity contribution in [3.05, 3.63) is 40.7 Å². The highest BCUT2D eigenvalue weighted by molar-refractivity contribution is 6.66. The van der Waals surface area contributed by atoms with Crippen molar-refractivity contribution >= 4 is 34.8 Å². The highest BCUT2D eigenvalue weighted by atomic mass is 35.6. The third-order valence-corrected chi connectivity index (χ3v) is 3.32. The van der Waals surface area contributed by atoms with E-state index in [1.165, 1.54) is 4.68 Å². The molecule has 0 radical (unpaired) electrons. The molecule has 0 aliphatic heterocycles. The molecule has 0 saturated carbocycles. The number of aromatic nitrogens is 3. The van der Waals surface area contributed by atoms with Crippen LogP contribution in [0, 0.1) is 25.2 Å². The first-order valence-corrected chi connectivity index (χ1v) is 6.48. The normalized spacial score (nSPS) is 11.4. The van der Waals surface area contributed by atoms with Gasteiger partial charge in [0.25, 0.3) is 0 Å². The van der Waals surface area contributed by atoms with Crippen molar-refractivity contribution in [3.63, 3.8) is 0 Å². The van der Waals surface area contributed by atoms with Crippen LogP contribution in [0.15, 0.2) is 18.2 Å². The molecule has 0 aliphatic rings. The summed E-state index contributed by atoms with van der Waals surface area (Å²) in [5, 5.41) is 16.6. The van der Waals surface area contributed by atoms with E-state index in [4.69, 9.17) is 40.1 Å². The van der Waals surface area contributed by atoms with Gasteiger partial charge in [0.1, 0.15) is 11.8 Å². The van der Waals surface area contributed by atoms with E-state index in [0.717, 1.165) is 11.1 Å². The Morgan fingerprint density at radius 1 is 1.21 bits per heavy atom. The molecule has 0 amide bonds. The second kappa shape index (κ2) is 5.01. The molecule has 1 heterocycles. The summed E-state index contributed by atoms with van der Waals surface area (Å²) in [4.78, 5) is 0. The first-order valence-electron chi connectivity index (χ1n) is 5.35. The number of rotatable bonds is 1. The van der Waals surface area contributed by atoms with E-state index >= 15 is 0 Å². The summed E-state index contributed by atoms with van der Waals surface area (Å²) in [6, 6.07) is 7.53. The molecule has 0 fully saturated rings. The van der Waals surface area contributed by atoms with E-state index in [-0.39, 0.29) is 11.4 Å². The Balaban J connectivity index is 2.67. The molecule has 0 bridgehead atoms. The van der Waals surface area contributed by atoms with E-state index in [0.29, 0.717) is 5.69 Å². The van der Waals surface area contributed by atoms with Gasteiger partial charge in [0.05, 0.1) is 5.69 Å². The molecule has 0 aliphatic carbocycles. The number of benzene rings is 1. The Kier molecular flexibility index (Phi) is 3.73. The van der Waals surface area contributed by atoms with E-state index in [2.05, 4.69) is 10.3 Å². The zero-order chi connectivity index (χ0) is 14.2. The van der Waals surface area contributed by atoms with E-state index in [1.807, 2.05) is 38.1 Å². The van der Waals surface area contributed by atoms with E-state index in [1.54, 1.807) is 0 Å². The highest BCUT2D eigenvalue weighted by Gasteiger charge is 2.33. The maximum absolute atomic E-state index is 9.00. The van der Waals surface area contributed by atoms with Crippen molar-refractivity contribution in [1.82, 2.24) is 15.0 Å². The maximum atomic E-state index is 9.00. The molecule has 0 N–H and O–H groups in total. The summed E-state index contributed by atoms with van der Waals surface area (Å²) >= 11 is 17.7. The van der Waals surface area contributed by atoms with Gasteiger partial charge in [0.2, 0.25) is 3.79 Å². The summed E-state index contributed by atoms with van der Waals surface area (Å²) in [7, 11) is 0. The summed E-state index contributed by atoms with van der Waals surface area (Å²) in [6.07, 6.45) is 0. The molecule has 19 heavy (non-hydrogen) atoms. The minimum Gasteiger partial charge on any atom is -0.212 e. The average Bonchev–Trinajstić information content (AvgIpc) is 2.76. The van der Waals surface area contributed by atoms with Crippen molar-refractivity contribution in [1.29, 1.82) is 5.26 Å². The largest absolute Gasteiger partial charge is 0.235 e. The summed E-state index contributed by atoms with van der Waals surface area (Å²) < 4.78 is -0.397. The van der Waals surface area contributed by atoms with Gasteiger partial charge in [-0.3, -0.25) is 0 Å². The summed E-state index contributed by atoms with van der Waals surface area (Å²) in [5.41, 5.74) is 3.04. The van der Waals surface area contributed by atoms with Crippen LogP contribution in [0.3, 0.4) is 0 Å². The predicted molar refractivity (Wildman–Crippen MR) is 74.8 cm³/mol. The fourth-order valence-electron chi connectivity index (χ4n) is 1.65. The smallest absolute Gasteiger partial charge is 0.212 e. The first kappa shape index (κ1) is 14.1. The number of nitriles is 1. The molecule has 0 atom stereocenters. The molecule has 1 aromatic carbocycles. The standard InChI is InChI=1S/C12H9Cl3N4/c1-7-3-4-9(5-8(7)2)19-11(12(13,14)15)10(6-16)17-18-19/h3-5H,1-2H3. The monoisotopic (exact) mass is 314 g/mol. The molecule has 2 aromatic rings. The van der Waals surface area contributed by atoms with Crippen LogP contribution < -0.4 is 0 Å². The molecule has 4 nitrogen and oxygen atoms in total. The summed E-state index contributed by atoms with van der Waals surface area (Å²) in [5.74, 6) is 0. The second-order valence-electron chi connectivity index (χ2n) is 4.08. The van der Waals surface area contributed by atoms with Gasteiger partial charge in [-0.15, -0.1) is 5.10 Å². The molecule has 0 unspecified atom stereocenters. The lowest BCUT2D eigenvalue weighted by Crippen LogP contribution is -2.12. The van der Waals surface area contributed by atoms with E-state index < -0.39 is 3.79 Å². The number of hydrogen-bond donors (Lipinski definition) is 0. The Morgan fingerprint density at radius 2 is 1.89 bits per heavy atom. The van der Waals surface area contributed by atoms with Crippen LogP contribution in [-0.2, 0) is 3.79 Å². The zero-order valence-corrected chi connectivity index (χ0v) is 12.4. The quantitative estimate of drug-likeness (QED) is 0.756. The lowest BCUT2D eigenvalue weighted by atomic mass is 10.1. The molecular formula is C12H9Cl3N4. The van der Waals surface area contributed by atoms with Gasteiger partial charge >= 0.3 is 0 Å². The number of halogens is 3. The van der Waals surface area contributed by atoms with Crippen LogP contribution in [-0.4, -0.2) is 15.0 Å². The van der Waals surface area contributed by atoms with Gasteiger partial charge in [-0.2, -0.15) is 5.26 Å². The predicted octanol–water partition coefficient (Wildman–Crippen LogP) is 3.58. The molecule has 98 valence electrons. The molecular weight excluding hydrogens is 307 g/mol. The summed E-state index contributed by atoms with van der Waals surface area (Å²) in [6.45, 7) is 3.97. The van der Waals surface area contributed by atoms with Crippen LogP contribution in [0.4, 0.5) is 0 Å². The number of aryl methyl sites for hydroxylation is 2. The first-order chi connectivity index (χ1) is 8.84. The lowest BCUT2D eigenvalue weighted by Gasteiger charge is -2.14. The van der Waals surface area contributed by atoms with Crippen molar-refractivity contribution in [2.45, 2.75) is 17.6 Å². The topological polar surface area (TPSA) is 54.5 Å².